The highest BCUT2D eigenvalue weighted by Crippen LogP contribution is 2.24. The number of aromatic nitrogens is 4. The molecule has 10 nitrogen and oxygen atoms in total. The van der Waals surface area contributed by atoms with Gasteiger partial charge in [0.15, 0.2) is 0 Å². The van der Waals surface area contributed by atoms with Crippen molar-refractivity contribution >= 4 is 33.2 Å². The molecule has 1 aliphatic rings. The van der Waals surface area contributed by atoms with E-state index in [-0.39, 0.29) is 16.8 Å². The monoisotopic (exact) mass is 550 g/mol. The highest BCUT2D eigenvalue weighted by atomic mass is 32.2. The lowest BCUT2D eigenvalue weighted by Crippen LogP contribution is -2.44. The molecule has 0 aliphatic carbocycles. The molecular formula is C27H31FN8O2S. The minimum atomic E-state index is -3.59. The molecule has 39 heavy (non-hydrogen) atoms. The zero-order chi connectivity index (χ0) is 27.4. The number of nitrogens with zero attached hydrogens (tertiary/aromatic N) is 5. The molecular weight excluding hydrogens is 519 g/mol. The smallest absolute Gasteiger partial charge is 0.243 e. The standard InChI is InChI=1S/C27H31FN8O2S/c1-19-17-24(35(2)34-19)18-30-21-12-15-36(16-13-21)39(37,38)25-9-7-23(8-10-25)32-27-29-14-11-26(33-27)31-22-5-3-20(28)4-6-22/h3-11,14,17,21,30H,12-13,15-16,18H2,1-2H3,(H2,29,31,32,33). The largest absolute Gasteiger partial charge is 0.340 e. The number of halogens is 1. The second kappa shape index (κ2) is 11.5. The van der Waals surface area contributed by atoms with Crippen molar-refractivity contribution in [3.05, 3.63) is 84.1 Å². The Bertz CT molecular complexity index is 1520. The van der Waals surface area contributed by atoms with Crippen LogP contribution in [0.3, 0.4) is 0 Å². The topological polar surface area (TPSA) is 117 Å². The lowest BCUT2D eigenvalue weighted by molar-refractivity contribution is 0.287. The van der Waals surface area contributed by atoms with Crippen molar-refractivity contribution in [3.63, 3.8) is 0 Å². The van der Waals surface area contributed by atoms with E-state index in [1.807, 2.05) is 18.7 Å². The second-order valence-electron chi connectivity index (χ2n) is 9.51. The average molecular weight is 551 g/mol. The molecule has 0 atom stereocenters. The average Bonchev–Trinajstić information content (AvgIpc) is 3.26. The molecule has 0 bridgehead atoms. The Balaban J connectivity index is 1.16. The van der Waals surface area contributed by atoms with E-state index in [1.165, 1.54) is 12.1 Å². The maximum Gasteiger partial charge on any atom is 0.243 e. The highest BCUT2D eigenvalue weighted by Gasteiger charge is 2.29. The summed E-state index contributed by atoms with van der Waals surface area (Å²) in [6.45, 7) is 3.60. The molecule has 2 aromatic heterocycles. The summed E-state index contributed by atoms with van der Waals surface area (Å²) in [6, 6.07) is 16.5. The Hall–Kier alpha value is -3.87. The van der Waals surface area contributed by atoms with Gasteiger partial charge in [-0.15, -0.1) is 0 Å². The first-order valence-electron chi connectivity index (χ1n) is 12.7. The number of rotatable bonds is 9. The van der Waals surface area contributed by atoms with E-state index in [0.717, 1.165) is 24.2 Å². The summed E-state index contributed by atoms with van der Waals surface area (Å²) in [5.41, 5.74) is 3.44. The van der Waals surface area contributed by atoms with Crippen LogP contribution in [0.25, 0.3) is 0 Å². The number of sulfonamides is 1. The third-order valence-corrected chi connectivity index (χ3v) is 8.56. The number of anilines is 4. The van der Waals surface area contributed by atoms with Crippen LogP contribution in [0.15, 0.2) is 71.8 Å². The Kier molecular flexibility index (Phi) is 7.87. The van der Waals surface area contributed by atoms with Crippen molar-refractivity contribution in [1.82, 2.24) is 29.4 Å². The summed E-state index contributed by atoms with van der Waals surface area (Å²) in [4.78, 5) is 8.88. The summed E-state index contributed by atoms with van der Waals surface area (Å²) < 4.78 is 43.1. The molecule has 3 N–H and O–H groups in total. The van der Waals surface area contributed by atoms with Crippen molar-refractivity contribution in [2.75, 3.05) is 23.7 Å². The Morgan fingerprint density at radius 2 is 1.64 bits per heavy atom. The van der Waals surface area contributed by atoms with E-state index in [4.69, 9.17) is 0 Å². The van der Waals surface area contributed by atoms with Crippen molar-refractivity contribution in [2.24, 2.45) is 7.05 Å². The first-order chi connectivity index (χ1) is 18.8. The number of benzene rings is 2. The predicted octanol–water partition coefficient (Wildman–Crippen LogP) is 4.09. The summed E-state index contributed by atoms with van der Waals surface area (Å²) in [5, 5.41) is 14.1. The maximum atomic E-state index is 13.2. The van der Waals surface area contributed by atoms with Crippen molar-refractivity contribution in [3.8, 4) is 0 Å². The van der Waals surface area contributed by atoms with E-state index in [2.05, 4.69) is 37.1 Å². The zero-order valence-corrected chi connectivity index (χ0v) is 22.6. The number of hydrogen-bond acceptors (Lipinski definition) is 8. The van der Waals surface area contributed by atoms with Gasteiger partial charge >= 0.3 is 0 Å². The minimum absolute atomic E-state index is 0.248. The first-order valence-corrected chi connectivity index (χ1v) is 14.2. The van der Waals surface area contributed by atoms with Crippen LogP contribution in [0.1, 0.15) is 24.2 Å². The second-order valence-corrected chi connectivity index (χ2v) is 11.4. The third kappa shape index (κ3) is 6.59. The molecule has 0 spiro atoms. The Morgan fingerprint density at radius 1 is 0.974 bits per heavy atom. The quantitative estimate of drug-likeness (QED) is 0.285. The molecule has 5 rings (SSSR count). The van der Waals surface area contributed by atoms with Crippen LogP contribution >= 0.6 is 0 Å². The summed E-state index contributed by atoms with van der Waals surface area (Å²) >= 11 is 0. The van der Waals surface area contributed by atoms with Gasteiger partial charge in [0.05, 0.1) is 16.3 Å². The Morgan fingerprint density at radius 3 is 2.31 bits per heavy atom. The van der Waals surface area contributed by atoms with E-state index in [1.54, 1.807) is 53.0 Å². The Labute approximate surface area is 227 Å². The fourth-order valence-corrected chi connectivity index (χ4v) is 6.01. The lowest BCUT2D eigenvalue weighted by Gasteiger charge is -2.31. The molecule has 1 aliphatic heterocycles. The van der Waals surface area contributed by atoms with Gasteiger partial charge in [0.25, 0.3) is 0 Å². The summed E-state index contributed by atoms with van der Waals surface area (Å²) in [7, 11) is -1.67. The molecule has 204 valence electrons. The van der Waals surface area contributed by atoms with Crippen LogP contribution in [0.2, 0.25) is 0 Å². The normalized spacial score (nSPS) is 14.8. The van der Waals surface area contributed by atoms with Gasteiger partial charge in [-0.2, -0.15) is 14.4 Å². The molecule has 2 aromatic carbocycles. The molecule has 0 unspecified atom stereocenters. The van der Waals surface area contributed by atoms with E-state index >= 15 is 0 Å². The van der Waals surface area contributed by atoms with Crippen LogP contribution in [-0.2, 0) is 23.6 Å². The number of nitrogens with one attached hydrogen (secondary N) is 3. The van der Waals surface area contributed by atoms with Crippen LogP contribution in [0.4, 0.5) is 27.5 Å². The third-order valence-electron chi connectivity index (χ3n) is 6.65. The molecule has 0 amide bonds. The minimum Gasteiger partial charge on any atom is -0.340 e. The zero-order valence-electron chi connectivity index (χ0n) is 21.8. The molecule has 1 fully saturated rings. The number of hydrogen-bond donors (Lipinski definition) is 3. The van der Waals surface area contributed by atoms with E-state index in [9.17, 15) is 12.8 Å². The number of aryl methyl sites for hydroxylation is 2. The van der Waals surface area contributed by atoms with Gasteiger partial charge in [0, 0.05) is 50.3 Å². The van der Waals surface area contributed by atoms with E-state index in [0.29, 0.717) is 42.8 Å². The van der Waals surface area contributed by atoms with Gasteiger partial charge < -0.3 is 16.0 Å². The molecule has 4 aromatic rings. The van der Waals surface area contributed by atoms with E-state index < -0.39 is 10.0 Å². The van der Waals surface area contributed by atoms with Crippen LogP contribution in [0, 0.1) is 12.7 Å². The van der Waals surface area contributed by atoms with Crippen LogP contribution in [-0.4, -0.2) is 51.6 Å². The van der Waals surface area contributed by atoms with Crippen molar-refractivity contribution in [2.45, 2.75) is 37.2 Å². The van der Waals surface area contributed by atoms with Gasteiger partial charge in [-0.3, -0.25) is 4.68 Å². The van der Waals surface area contributed by atoms with Gasteiger partial charge in [0.1, 0.15) is 11.6 Å². The van der Waals surface area contributed by atoms with Gasteiger partial charge in [-0.1, -0.05) is 0 Å². The SMILES string of the molecule is Cc1cc(CNC2CCN(S(=O)(=O)c3ccc(Nc4nccc(Nc5ccc(F)cc5)n4)cc3)CC2)n(C)n1. The lowest BCUT2D eigenvalue weighted by atomic mass is 10.1. The molecule has 1 saturated heterocycles. The van der Waals surface area contributed by atoms with Gasteiger partial charge in [-0.25, -0.2) is 17.8 Å². The van der Waals surface area contributed by atoms with Crippen LogP contribution < -0.4 is 16.0 Å². The number of piperidine rings is 1. The molecule has 3 heterocycles. The summed E-state index contributed by atoms with van der Waals surface area (Å²) in [5.74, 6) is 0.560. The van der Waals surface area contributed by atoms with Gasteiger partial charge in [0.2, 0.25) is 16.0 Å². The fraction of sp³-hybridized carbons (Fsp3) is 0.296. The first kappa shape index (κ1) is 26.7. The maximum absolute atomic E-state index is 13.2. The van der Waals surface area contributed by atoms with Crippen molar-refractivity contribution < 1.29 is 12.8 Å². The fourth-order valence-electron chi connectivity index (χ4n) is 4.54. The highest BCUT2D eigenvalue weighted by molar-refractivity contribution is 7.89. The molecule has 12 heteroatoms. The molecule has 0 radical (unpaired) electrons. The van der Waals surface area contributed by atoms with Crippen LogP contribution in [0.5, 0.6) is 0 Å². The van der Waals surface area contributed by atoms with Crippen molar-refractivity contribution in [1.29, 1.82) is 0 Å². The predicted molar refractivity (Wildman–Crippen MR) is 148 cm³/mol. The molecule has 0 saturated carbocycles. The summed E-state index contributed by atoms with van der Waals surface area (Å²) in [6.07, 6.45) is 3.08. The van der Waals surface area contributed by atoms with Gasteiger partial charge in [-0.05, 0) is 80.4 Å².